The number of hydrogen-bond acceptors (Lipinski definition) is 7. The number of non-ortho nitro benzene ring substituents is 1. The summed E-state index contributed by atoms with van der Waals surface area (Å²) in [6.07, 6.45) is -0.895. The molecule has 0 aliphatic carbocycles. The molecule has 1 amide bonds. The van der Waals surface area contributed by atoms with Crippen LogP contribution < -0.4 is 0 Å². The van der Waals surface area contributed by atoms with E-state index < -0.39 is 52.6 Å². The number of β-lactam (4-membered cyclic amide) rings is 1. The first-order valence-corrected chi connectivity index (χ1v) is 8.18. The van der Waals surface area contributed by atoms with Crippen LogP contribution in [0.1, 0.15) is 19.4 Å². The molecule has 0 saturated carbocycles. The Bertz CT molecular complexity index is 774. The largest absolute Gasteiger partial charge is 0.459 e. The number of aliphatic hydroxyl groups is 1. The molecule has 1 aromatic carbocycles. The highest BCUT2D eigenvalue weighted by Gasteiger charge is 2.64. The van der Waals surface area contributed by atoms with E-state index in [0.29, 0.717) is 5.56 Å². The second-order valence-electron chi connectivity index (χ2n) is 6.63. The summed E-state index contributed by atoms with van der Waals surface area (Å²) < 4.78 is 5.14. The number of nitro benzene ring substituents is 1. The Labute approximate surface area is 148 Å². The van der Waals surface area contributed by atoms with Crippen molar-refractivity contribution in [2.24, 2.45) is 11.8 Å². The average Bonchev–Trinajstić information content (AvgIpc) is 2.81. The zero-order valence-corrected chi connectivity index (χ0v) is 14.2. The first-order chi connectivity index (χ1) is 12.2. The van der Waals surface area contributed by atoms with Crippen molar-refractivity contribution in [1.82, 2.24) is 4.90 Å². The molecule has 1 aromatic rings. The summed E-state index contributed by atoms with van der Waals surface area (Å²) in [4.78, 5) is 48.2. The number of ether oxygens (including phenoxy) is 1. The fraction of sp³-hybridized carbons (Fsp3) is 0.471. The van der Waals surface area contributed by atoms with Gasteiger partial charge in [0.1, 0.15) is 6.61 Å². The van der Waals surface area contributed by atoms with Crippen molar-refractivity contribution in [2.45, 2.75) is 38.6 Å². The highest BCUT2D eigenvalue weighted by atomic mass is 16.6. The van der Waals surface area contributed by atoms with Crippen molar-refractivity contribution >= 4 is 23.3 Å². The van der Waals surface area contributed by atoms with Crippen LogP contribution in [-0.4, -0.2) is 50.8 Å². The third kappa shape index (κ3) is 2.74. The smallest absolute Gasteiger partial charge is 0.337 e. The van der Waals surface area contributed by atoms with Gasteiger partial charge in [0.05, 0.1) is 23.0 Å². The summed E-state index contributed by atoms with van der Waals surface area (Å²) in [6.45, 7) is 2.95. The second kappa shape index (κ2) is 6.49. The van der Waals surface area contributed by atoms with Crippen LogP contribution in [0, 0.1) is 22.0 Å². The van der Waals surface area contributed by atoms with E-state index in [0.717, 1.165) is 0 Å². The molecule has 0 radical (unpaired) electrons. The first-order valence-electron chi connectivity index (χ1n) is 8.18. The van der Waals surface area contributed by atoms with E-state index in [1.807, 2.05) is 0 Å². The molecular weight excluding hydrogens is 344 g/mol. The Balaban J connectivity index is 1.67. The minimum atomic E-state index is -1.30. The van der Waals surface area contributed by atoms with Gasteiger partial charge in [0.25, 0.3) is 5.69 Å². The lowest BCUT2D eigenvalue weighted by molar-refractivity contribution is -0.384. The third-order valence-corrected chi connectivity index (χ3v) is 5.01. The molecule has 0 bridgehead atoms. The molecule has 138 valence electrons. The minimum Gasteiger partial charge on any atom is -0.459 e. The zero-order valence-electron chi connectivity index (χ0n) is 14.2. The molecule has 9 heteroatoms. The lowest BCUT2D eigenvalue weighted by Crippen LogP contribution is -2.65. The molecule has 0 aromatic heterocycles. The highest BCUT2D eigenvalue weighted by Crippen LogP contribution is 2.43. The Morgan fingerprint density at radius 2 is 1.96 bits per heavy atom. The Morgan fingerprint density at radius 3 is 2.50 bits per heavy atom. The van der Waals surface area contributed by atoms with E-state index in [9.17, 15) is 29.6 Å². The fourth-order valence-corrected chi connectivity index (χ4v) is 3.63. The molecule has 3 rings (SSSR count). The van der Waals surface area contributed by atoms with Crippen molar-refractivity contribution in [3.8, 4) is 0 Å². The number of amides is 1. The maximum atomic E-state index is 12.4. The van der Waals surface area contributed by atoms with E-state index >= 15 is 0 Å². The number of benzene rings is 1. The number of Topliss-reactive ketones (excluding diaryl/α,β-unsaturated/α-hetero) is 1. The number of nitrogens with zero attached hydrogens (tertiary/aromatic N) is 2. The van der Waals surface area contributed by atoms with Gasteiger partial charge in [0.2, 0.25) is 5.91 Å². The van der Waals surface area contributed by atoms with Gasteiger partial charge in [-0.25, -0.2) is 4.79 Å². The molecule has 2 aliphatic rings. The van der Waals surface area contributed by atoms with Crippen LogP contribution in [0.4, 0.5) is 5.69 Å². The standard InChI is InChI=1S/C17H18N2O7/c1-8-13-12(9(2)20)16(22)18(13)14(15(8)21)17(23)26-7-10-3-5-11(6-4-10)19(24)25/h3-6,8-9,12-14,20H,7H2,1-2H3/t8-,9-,12-,13+,14?/m1/s1. The van der Waals surface area contributed by atoms with Crippen LogP contribution in [0.25, 0.3) is 0 Å². The van der Waals surface area contributed by atoms with E-state index in [2.05, 4.69) is 0 Å². The lowest BCUT2D eigenvalue weighted by atomic mass is 9.79. The quantitative estimate of drug-likeness (QED) is 0.265. The van der Waals surface area contributed by atoms with Crippen molar-refractivity contribution in [1.29, 1.82) is 0 Å². The first kappa shape index (κ1) is 18.0. The molecule has 2 heterocycles. The van der Waals surface area contributed by atoms with Crippen LogP contribution in [0.15, 0.2) is 24.3 Å². The predicted molar refractivity (Wildman–Crippen MR) is 86.7 cm³/mol. The average molecular weight is 362 g/mol. The van der Waals surface area contributed by atoms with E-state index in [1.165, 1.54) is 36.1 Å². The Morgan fingerprint density at radius 1 is 1.35 bits per heavy atom. The number of carbonyl (C=O) groups is 3. The van der Waals surface area contributed by atoms with Gasteiger partial charge >= 0.3 is 5.97 Å². The molecule has 2 saturated heterocycles. The number of aliphatic hydroxyl groups excluding tert-OH is 1. The summed E-state index contributed by atoms with van der Waals surface area (Å²) in [7, 11) is 0. The molecule has 1 N–H and O–H groups in total. The van der Waals surface area contributed by atoms with Crippen molar-refractivity contribution in [3.05, 3.63) is 39.9 Å². The molecule has 2 fully saturated rings. The number of hydrogen-bond donors (Lipinski definition) is 1. The second-order valence-corrected chi connectivity index (χ2v) is 6.63. The van der Waals surface area contributed by atoms with Crippen molar-refractivity contribution in [3.63, 3.8) is 0 Å². The number of fused-ring (bicyclic) bond motifs is 1. The molecule has 5 atom stereocenters. The monoisotopic (exact) mass is 362 g/mol. The van der Waals surface area contributed by atoms with Gasteiger partial charge in [0, 0.05) is 18.1 Å². The van der Waals surface area contributed by atoms with E-state index in [4.69, 9.17) is 4.74 Å². The number of esters is 1. The van der Waals surface area contributed by atoms with Gasteiger partial charge in [-0.2, -0.15) is 0 Å². The Hall–Kier alpha value is -2.81. The van der Waals surface area contributed by atoms with Gasteiger partial charge in [0.15, 0.2) is 11.8 Å². The van der Waals surface area contributed by atoms with Gasteiger partial charge < -0.3 is 14.7 Å². The molecule has 1 unspecified atom stereocenters. The van der Waals surface area contributed by atoms with Crippen molar-refractivity contribution < 1.29 is 29.2 Å². The van der Waals surface area contributed by atoms with Crippen molar-refractivity contribution in [2.75, 3.05) is 0 Å². The predicted octanol–water partition coefficient (Wildman–Crippen LogP) is 0.433. The molecule has 9 nitrogen and oxygen atoms in total. The van der Waals surface area contributed by atoms with Crippen LogP contribution in [0.3, 0.4) is 0 Å². The minimum absolute atomic E-state index is 0.0851. The van der Waals surface area contributed by atoms with E-state index in [-0.39, 0.29) is 12.3 Å². The number of ketones is 1. The van der Waals surface area contributed by atoms with Crippen LogP contribution in [0.5, 0.6) is 0 Å². The number of rotatable bonds is 5. The summed E-state index contributed by atoms with van der Waals surface area (Å²) in [5.41, 5.74) is 0.439. The summed E-state index contributed by atoms with van der Waals surface area (Å²) >= 11 is 0. The highest BCUT2D eigenvalue weighted by molar-refractivity contribution is 6.12. The molecule has 2 aliphatic heterocycles. The lowest BCUT2D eigenvalue weighted by Gasteiger charge is -2.46. The number of nitro groups is 1. The van der Waals surface area contributed by atoms with Crippen LogP contribution in [0.2, 0.25) is 0 Å². The topological polar surface area (TPSA) is 127 Å². The van der Waals surface area contributed by atoms with E-state index in [1.54, 1.807) is 6.92 Å². The third-order valence-electron chi connectivity index (χ3n) is 5.01. The van der Waals surface area contributed by atoms with Gasteiger partial charge in [-0.3, -0.25) is 19.7 Å². The Kier molecular flexibility index (Phi) is 4.49. The molecule has 0 spiro atoms. The van der Waals surface area contributed by atoms with Gasteiger partial charge in [-0.15, -0.1) is 0 Å². The summed E-state index contributed by atoms with van der Waals surface area (Å²) in [6, 6.07) is 3.68. The normalized spacial score (nSPS) is 28.3. The van der Waals surface area contributed by atoms with Crippen LogP contribution >= 0.6 is 0 Å². The number of carbonyl (C=O) groups excluding carboxylic acids is 3. The summed E-state index contributed by atoms with van der Waals surface area (Å²) in [5, 5.41) is 20.3. The maximum absolute atomic E-state index is 12.4. The van der Waals surface area contributed by atoms with Gasteiger partial charge in [-0.05, 0) is 24.6 Å². The molecular formula is C17H18N2O7. The SMILES string of the molecule is C[C@@H](O)[C@H]1C(=O)N2C(C(=O)OCc3ccc([N+](=O)[O-])cc3)C(=O)[C@H](C)[C@@H]12. The summed E-state index contributed by atoms with van der Waals surface area (Å²) in [5.74, 6) is -2.90. The fourth-order valence-electron chi connectivity index (χ4n) is 3.63. The van der Waals surface area contributed by atoms with Crippen LogP contribution in [-0.2, 0) is 25.7 Å². The maximum Gasteiger partial charge on any atom is 0.337 e. The zero-order chi connectivity index (χ0) is 19.2. The van der Waals surface area contributed by atoms with Gasteiger partial charge in [-0.1, -0.05) is 6.92 Å². The molecule has 26 heavy (non-hydrogen) atoms.